The highest BCUT2D eigenvalue weighted by molar-refractivity contribution is 7.17. The largest absolute Gasteiger partial charge is 0.463 e. The van der Waals surface area contributed by atoms with Crippen molar-refractivity contribution in [3.8, 4) is 12.1 Å². The molecule has 7 rings (SSSR count). The van der Waals surface area contributed by atoms with Crippen molar-refractivity contribution >= 4 is 44.5 Å². The number of aliphatic hydroxyl groups excluding tert-OH is 1. The summed E-state index contributed by atoms with van der Waals surface area (Å²) in [5, 5.41) is 21.3. The predicted octanol–water partition coefficient (Wildman–Crippen LogP) is 7.50. The molecule has 17 heteroatoms. The maximum Gasteiger partial charge on any atom is 0.401 e. The lowest BCUT2D eigenvalue weighted by molar-refractivity contribution is -0.143. The van der Waals surface area contributed by atoms with Crippen LogP contribution in [0.3, 0.4) is 0 Å². The molecule has 3 aromatic rings. The third-order valence-electron chi connectivity index (χ3n) is 12.4. The Kier molecular flexibility index (Phi) is 12.8. The number of nitrogens with zero attached hydrogens (tertiary/aromatic N) is 7. The van der Waals surface area contributed by atoms with Crippen LogP contribution in [0.5, 0.6) is 6.01 Å². The summed E-state index contributed by atoms with van der Waals surface area (Å²) >= 11 is 0.953. The highest BCUT2D eigenvalue weighted by Crippen LogP contribution is 2.50. The van der Waals surface area contributed by atoms with Gasteiger partial charge in [-0.3, -0.25) is 9.80 Å². The zero-order chi connectivity index (χ0) is 43.3. The minimum absolute atomic E-state index is 0.00162. The summed E-state index contributed by atoms with van der Waals surface area (Å²) in [7, 11) is 3.34. The number of ether oxygens (including phenoxy) is 2. The van der Waals surface area contributed by atoms with E-state index in [4.69, 9.17) is 25.2 Å². The summed E-state index contributed by atoms with van der Waals surface area (Å²) in [6.45, 7) is 9.77. The number of allylic oxidation sites excluding steroid dienone is 2. The number of nitriles is 1. The molecule has 0 radical (unpaired) electrons. The fourth-order valence-electron chi connectivity index (χ4n) is 9.31. The molecular formula is C43H55F5N8O3S. The van der Waals surface area contributed by atoms with Gasteiger partial charge in [-0.1, -0.05) is 18.6 Å². The molecule has 2 aromatic heterocycles. The van der Waals surface area contributed by atoms with Crippen LogP contribution in [0.1, 0.15) is 92.5 Å². The fraction of sp³-hybridized carbons (Fsp3) is 0.605. The van der Waals surface area contributed by atoms with E-state index in [0.717, 1.165) is 48.2 Å². The third kappa shape index (κ3) is 8.87. The molecule has 3 atom stereocenters. The monoisotopic (exact) mass is 858 g/mol. The number of nitrogens with two attached hydrogens (primary N) is 1. The maximum absolute atomic E-state index is 18.1. The first-order valence-corrected chi connectivity index (χ1v) is 21.5. The molecule has 1 aliphatic carbocycles. The molecule has 2 bridgehead atoms. The van der Waals surface area contributed by atoms with Crippen LogP contribution in [0.25, 0.3) is 22.3 Å². The van der Waals surface area contributed by atoms with E-state index in [2.05, 4.69) is 15.9 Å². The van der Waals surface area contributed by atoms with Crippen molar-refractivity contribution in [1.29, 1.82) is 5.26 Å². The molecule has 1 aromatic carbocycles. The second kappa shape index (κ2) is 17.5. The topological polar surface area (TPSA) is 127 Å². The number of aromatic nitrogens is 2. The Balaban J connectivity index is 1.33. The van der Waals surface area contributed by atoms with Gasteiger partial charge in [-0.05, 0) is 83.7 Å². The molecule has 3 unspecified atom stereocenters. The van der Waals surface area contributed by atoms with Gasteiger partial charge >= 0.3 is 12.2 Å². The Hall–Kier alpha value is -3.92. The van der Waals surface area contributed by atoms with Crippen LogP contribution in [-0.2, 0) is 18.0 Å². The molecule has 0 amide bonds. The highest BCUT2D eigenvalue weighted by atomic mass is 32.1. The quantitative estimate of drug-likeness (QED) is 0.139. The first-order chi connectivity index (χ1) is 28.5. The Bertz CT molecular complexity index is 2200. The van der Waals surface area contributed by atoms with Crippen molar-refractivity contribution in [2.45, 2.75) is 97.4 Å². The number of β-amino-alcohol motifs (C(OH)–C–C–N with tert-alkyl or cyclic N) is 1. The van der Waals surface area contributed by atoms with Crippen molar-refractivity contribution in [2.24, 2.45) is 5.41 Å². The lowest BCUT2D eigenvalue weighted by Crippen LogP contribution is -2.55. The molecule has 4 aliphatic rings. The van der Waals surface area contributed by atoms with Crippen LogP contribution in [0.2, 0.25) is 0 Å². The average Bonchev–Trinajstić information content (AvgIpc) is 3.48. The zero-order valence-corrected chi connectivity index (χ0v) is 36.0. The molecule has 60 heavy (non-hydrogen) atoms. The summed E-state index contributed by atoms with van der Waals surface area (Å²) in [5.41, 5.74) is 9.02. The lowest BCUT2D eigenvalue weighted by Gasteiger charge is -2.42. The molecule has 2 saturated heterocycles. The second-order valence-electron chi connectivity index (χ2n) is 17.2. The molecule has 5 heterocycles. The standard InChI is InChI=1S/C43H55F5N8O3S/c1-7-24(3)32(34-28(15-49)39(50)60-38(34)31(44)8-2)33-29-19-58-20-30(29)35-37(36(33)45)51-41(52-40(35)56-26-9-10-27(56)18-55(17-26)16-25(4)57)59-23-42(11-12-42)21-53(5)13-14-54(6)22-43(46,47)48/h8,25-27,57H,7,9-14,16-23,50H2,1-6H3/b31-8+,32-24?. The number of likely N-dealkylation sites (tertiary alicyclic amines) is 1. The number of benzene rings is 1. The van der Waals surface area contributed by atoms with Gasteiger partial charge in [0.15, 0.2) is 5.82 Å². The molecule has 326 valence electrons. The van der Waals surface area contributed by atoms with E-state index >= 15 is 8.78 Å². The summed E-state index contributed by atoms with van der Waals surface area (Å²) in [6.07, 6.45) is 0.460. The summed E-state index contributed by atoms with van der Waals surface area (Å²) in [6, 6.07) is 2.23. The highest BCUT2D eigenvalue weighted by Gasteiger charge is 2.46. The van der Waals surface area contributed by atoms with E-state index in [1.54, 1.807) is 13.8 Å². The Morgan fingerprint density at radius 2 is 1.80 bits per heavy atom. The fourth-order valence-corrected chi connectivity index (χ4v) is 10.3. The van der Waals surface area contributed by atoms with Crippen LogP contribution < -0.4 is 15.4 Å². The van der Waals surface area contributed by atoms with Crippen LogP contribution in [0.4, 0.5) is 32.8 Å². The maximum atomic E-state index is 18.1. The summed E-state index contributed by atoms with van der Waals surface area (Å²) < 4.78 is 85.1. The van der Waals surface area contributed by atoms with E-state index < -0.39 is 30.5 Å². The van der Waals surface area contributed by atoms with Crippen LogP contribution in [-0.4, -0.2) is 121 Å². The Morgan fingerprint density at radius 1 is 1.13 bits per heavy atom. The van der Waals surface area contributed by atoms with Crippen LogP contribution in [0, 0.1) is 22.6 Å². The van der Waals surface area contributed by atoms with Gasteiger partial charge in [-0.15, -0.1) is 11.3 Å². The number of fused-ring (bicyclic) bond motifs is 5. The number of anilines is 2. The van der Waals surface area contributed by atoms with E-state index in [0.29, 0.717) is 61.5 Å². The zero-order valence-electron chi connectivity index (χ0n) is 35.2. The number of nitrogen functional groups attached to an aromatic ring is 1. The first-order valence-electron chi connectivity index (χ1n) is 20.7. The van der Waals surface area contributed by atoms with Crippen LogP contribution >= 0.6 is 11.3 Å². The molecule has 0 spiro atoms. The van der Waals surface area contributed by atoms with Crippen LogP contribution in [0.15, 0.2) is 11.6 Å². The van der Waals surface area contributed by atoms with Gasteiger partial charge < -0.3 is 30.1 Å². The van der Waals surface area contributed by atoms with Crippen molar-refractivity contribution in [2.75, 3.05) is 77.1 Å². The van der Waals surface area contributed by atoms with E-state index in [9.17, 15) is 23.5 Å². The second-order valence-corrected chi connectivity index (χ2v) is 18.3. The minimum atomic E-state index is -4.27. The Morgan fingerprint density at radius 3 is 2.40 bits per heavy atom. The van der Waals surface area contributed by atoms with Gasteiger partial charge in [0.2, 0.25) is 0 Å². The third-order valence-corrected chi connectivity index (χ3v) is 13.5. The number of hydrogen-bond acceptors (Lipinski definition) is 12. The van der Waals surface area contributed by atoms with Gasteiger partial charge in [-0.25, -0.2) is 8.78 Å². The minimum Gasteiger partial charge on any atom is -0.463 e. The molecule has 11 nitrogen and oxygen atoms in total. The number of likely N-dealkylation sites (N-methyl/N-ethyl adjacent to an activating group) is 2. The van der Waals surface area contributed by atoms with Crippen molar-refractivity contribution in [1.82, 2.24) is 24.7 Å². The van der Waals surface area contributed by atoms with Crippen molar-refractivity contribution in [3.63, 3.8) is 0 Å². The van der Waals surface area contributed by atoms with Gasteiger partial charge in [-0.2, -0.15) is 28.4 Å². The molecule has 1 saturated carbocycles. The molecular weight excluding hydrogens is 804 g/mol. The first kappa shape index (κ1) is 44.1. The summed E-state index contributed by atoms with van der Waals surface area (Å²) in [4.78, 5) is 17.9. The smallest absolute Gasteiger partial charge is 0.401 e. The number of piperazine rings is 1. The molecule has 3 aliphatic heterocycles. The van der Waals surface area contributed by atoms with E-state index in [1.807, 2.05) is 25.8 Å². The lowest BCUT2D eigenvalue weighted by atomic mass is 9.84. The summed E-state index contributed by atoms with van der Waals surface area (Å²) in [5.74, 6) is -0.677. The Labute approximate surface area is 352 Å². The number of hydrogen-bond donors (Lipinski definition) is 2. The van der Waals surface area contributed by atoms with E-state index in [1.165, 1.54) is 18.0 Å². The van der Waals surface area contributed by atoms with E-state index in [-0.39, 0.29) is 82.0 Å². The molecule has 3 N–H and O–H groups in total. The van der Waals surface area contributed by atoms with Gasteiger partial charge in [0, 0.05) is 67.9 Å². The average molecular weight is 859 g/mol. The number of rotatable bonds is 16. The van der Waals surface area contributed by atoms with Gasteiger partial charge in [0.1, 0.15) is 28.2 Å². The van der Waals surface area contributed by atoms with Gasteiger partial charge in [0.05, 0.1) is 48.3 Å². The van der Waals surface area contributed by atoms with Crippen molar-refractivity contribution in [3.05, 3.63) is 50.2 Å². The number of alkyl halides is 3. The number of thiophene rings is 1. The SMILES string of the molecule is C/C=C(/F)c1sc(N)c(C#N)c1C(=C(C)CC)c1c2c(c3c(N4C5CCC4CN(CC(C)O)C5)nc(OCC4(CN(C)CCN(C)CC(F)(F)F)CC4)nc3c1F)COC2. The van der Waals surface area contributed by atoms with Crippen molar-refractivity contribution < 1.29 is 36.5 Å². The van der Waals surface area contributed by atoms with Gasteiger partial charge in [0.25, 0.3) is 0 Å². The normalized spacial score (nSPS) is 21.2. The number of aliphatic hydroxyl groups is 1. The predicted molar refractivity (Wildman–Crippen MR) is 224 cm³/mol. The number of halogens is 5. The molecule has 3 fully saturated rings.